The van der Waals surface area contributed by atoms with Crippen LogP contribution in [0.3, 0.4) is 0 Å². The second-order valence-electron chi connectivity index (χ2n) is 10.2. The normalized spacial score (nSPS) is 13.2. The van der Waals surface area contributed by atoms with E-state index in [0.29, 0.717) is 23.6 Å². The average Bonchev–Trinajstić information content (AvgIpc) is 3.60. The molecule has 1 aliphatic heterocycles. The minimum Gasteiger partial charge on any atom is -0.423 e. The molecule has 0 bridgehead atoms. The Morgan fingerprint density at radius 3 is 2.36 bits per heavy atom. The van der Waals surface area contributed by atoms with Crippen molar-refractivity contribution in [1.82, 2.24) is 9.47 Å². The van der Waals surface area contributed by atoms with E-state index in [-0.39, 0.29) is 5.97 Å². The van der Waals surface area contributed by atoms with E-state index in [1.807, 2.05) is 35.2 Å². The van der Waals surface area contributed by atoms with E-state index in [2.05, 4.69) is 48.1 Å². The lowest BCUT2D eigenvalue weighted by Crippen LogP contribution is -2.27. The van der Waals surface area contributed by atoms with Gasteiger partial charge in [0.1, 0.15) is 5.75 Å². The first-order valence-corrected chi connectivity index (χ1v) is 15.1. The Bertz CT molecular complexity index is 1440. The number of rotatable bonds is 10. The summed E-state index contributed by atoms with van der Waals surface area (Å²) in [6.07, 6.45) is 7.94. The molecular formula is C33H36N2O3S. The highest BCUT2D eigenvalue weighted by Gasteiger charge is 2.19. The predicted octanol–water partition coefficient (Wildman–Crippen LogP) is 7.74. The van der Waals surface area contributed by atoms with Gasteiger partial charge in [-0.1, -0.05) is 36.8 Å². The number of carbonyl (C=O) groups is 2. The zero-order valence-electron chi connectivity index (χ0n) is 22.8. The van der Waals surface area contributed by atoms with E-state index in [1.165, 1.54) is 21.7 Å². The Kier molecular flexibility index (Phi) is 8.72. The molecule has 2 heterocycles. The number of benzene rings is 3. The van der Waals surface area contributed by atoms with Gasteiger partial charge in [-0.2, -0.15) is 0 Å². The van der Waals surface area contributed by atoms with Crippen LogP contribution in [0.2, 0.25) is 0 Å². The van der Waals surface area contributed by atoms with E-state index < -0.39 is 0 Å². The second kappa shape index (κ2) is 12.6. The van der Waals surface area contributed by atoms with Gasteiger partial charge in [-0.3, -0.25) is 4.79 Å². The van der Waals surface area contributed by atoms with Crippen LogP contribution in [0, 0.1) is 6.92 Å². The molecule has 0 saturated carbocycles. The number of aromatic nitrogens is 1. The maximum Gasteiger partial charge on any atom is 0.343 e. The number of aryl methyl sites for hydroxylation is 2. The summed E-state index contributed by atoms with van der Waals surface area (Å²) in [6, 6.07) is 23.7. The van der Waals surface area contributed by atoms with Gasteiger partial charge in [-0.25, -0.2) is 4.79 Å². The van der Waals surface area contributed by atoms with Crippen LogP contribution in [0.4, 0.5) is 0 Å². The number of ether oxygens (including phenoxy) is 1. The Morgan fingerprint density at radius 2 is 1.64 bits per heavy atom. The van der Waals surface area contributed by atoms with E-state index >= 15 is 0 Å². The number of hydrogen-bond acceptors (Lipinski definition) is 4. The SMILES string of the molecule is CSc1ccc(-c2c(C)c3cc(OC(=O)c4ccccc4)ccc3n2CCCCCC(=O)N2CCCC2)cc1. The molecule has 1 aromatic heterocycles. The Labute approximate surface area is 235 Å². The number of esters is 1. The number of fused-ring (bicyclic) bond motifs is 1. The van der Waals surface area contributed by atoms with Crippen molar-refractivity contribution in [2.24, 2.45) is 0 Å². The lowest BCUT2D eigenvalue weighted by Gasteiger charge is -2.15. The van der Waals surface area contributed by atoms with Crippen molar-refractivity contribution in [3.63, 3.8) is 0 Å². The Balaban J connectivity index is 1.37. The summed E-state index contributed by atoms with van der Waals surface area (Å²) in [4.78, 5) is 28.3. The van der Waals surface area contributed by atoms with Crippen LogP contribution in [-0.2, 0) is 11.3 Å². The number of hydrogen-bond donors (Lipinski definition) is 0. The van der Waals surface area contributed by atoms with Gasteiger partial charge in [0.2, 0.25) is 5.91 Å². The van der Waals surface area contributed by atoms with Gasteiger partial charge in [0.25, 0.3) is 0 Å². The molecule has 5 rings (SSSR count). The van der Waals surface area contributed by atoms with E-state index in [0.717, 1.165) is 62.6 Å². The number of unbranched alkanes of at least 4 members (excludes halogenated alkanes) is 2. The van der Waals surface area contributed by atoms with Crippen molar-refractivity contribution < 1.29 is 14.3 Å². The molecule has 0 atom stereocenters. The third-order valence-corrected chi connectivity index (χ3v) is 8.35. The van der Waals surface area contributed by atoms with Crippen LogP contribution in [0.1, 0.15) is 54.4 Å². The van der Waals surface area contributed by atoms with Crippen LogP contribution < -0.4 is 4.74 Å². The maximum atomic E-state index is 12.7. The Hall–Kier alpha value is -3.51. The van der Waals surface area contributed by atoms with Crippen molar-refractivity contribution in [3.8, 4) is 17.0 Å². The molecule has 0 aliphatic carbocycles. The quantitative estimate of drug-likeness (QED) is 0.0893. The number of thioether (sulfide) groups is 1. The van der Waals surface area contributed by atoms with Crippen molar-refractivity contribution in [1.29, 1.82) is 0 Å². The van der Waals surface area contributed by atoms with Crippen LogP contribution in [0.25, 0.3) is 22.2 Å². The zero-order valence-corrected chi connectivity index (χ0v) is 23.6. The molecular weight excluding hydrogens is 504 g/mol. The summed E-state index contributed by atoms with van der Waals surface area (Å²) >= 11 is 1.74. The first kappa shape index (κ1) is 27.1. The van der Waals surface area contributed by atoms with Gasteiger partial charge in [0, 0.05) is 41.9 Å². The summed E-state index contributed by atoms with van der Waals surface area (Å²) in [6.45, 7) is 4.86. The standard InChI is InChI=1S/C33H36N2O3S/c1-24-29-23-27(38-33(37)26-11-5-3-6-12-26)16-19-30(29)35(32(24)25-14-17-28(39-2)18-15-25)22-8-4-7-13-31(36)34-20-9-10-21-34/h3,5-6,11-12,14-19,23H,4,7-10,13,20-22H2,1-2H3. The highest BCUT2D eigenvalue weighted by Crippen LogP contribution is 2.36. The molecule has 1 aliphatic rings. The summed E-state index contributed by atoms with van der Waals surface area (Å²) in [5.74, 6) is 0.492. The molecule has 39 heavy (non-hydrogen) atoms. The minimum atomic E-state index is -0.358. The maximum absolute atomic E-state index is 12.7. The lowest BCUT2D eigenvalue weighted by atomic mass is 10.1. The van der Waals surface area contributed by atoms with Gasteiger partial charge in [-0.05, 0) is 92.5 Å². The first-order valence-electron chi connectivity index (χ1n) is 13.9. The summed E-state index contributed by atoms with van der Waals surface area (Å²) in [5, 5.41) is 1.08. The smallest absolute Gasteiger partial charge is 0.343 e. The molecule has 0 unspecified atom stereocenters. The van der Waals surface area contributed by atoms with Crippen LogP contribution in [0.15, 0.2) is 77.7 Å². The van der Waals surface area contributed by atoms with Crippen LogP contribution in [0.5, 0.6) is 5.75 Å². The van der Waals surface area contributed by atoms with Crippen LogP contribution in [-0.4, -0.2) is 40.7 Å². The number of nitrogens with zero attached hydrogens (tertiary/aromatic N) is 2. The minimum absolute atomic E-state index is 0.307. The monoisotopic (exact) mass is 540 g/mol. The molecule has 1 saturated heterocycles. The first-order chi connectivity index (χ1) is 19.0. The molecule has 1 fully saturated rings. The second-order valence-corrected chi connectivity index (χ2v) is 11.1. The molecule has 1 amide bonds. The molecule has 0 radical (unpaired) electrons. The fourth-order valence-corrected chi connectivity index (χ4v) is 5.91. The third-order valence-electron chi connectivity index (χ3n) is 7.60. The van der Waals surface area contributed by atoms with Crippen molar-refractivity contribution in [2.45, 2.75) is 56.9 Å². The van der Waals surface area contributed by atoms with Crippen molar-refractivity contribution >= 4 is 34.5 Å². The summed E-state index contributed by atoms with van der Waals surface area (Å²) in [5.41, 5.74) is 5.20. The molecule has 6 heteroatoms. The molecule has 0 spiro atoms. The molecule has 3 aromatic carbocycles. The van der Waals surface area contributed by atoms with Gasteiger partial charge in [-0.15, -0.1) is 11.8 Å². The number of likely N-dealkylation sites (tertiary alicyclic amines) is 1. The third kappa shape index (κ3) is 6.22. The highest BCUT2D eigenvalue weighted by molar-refractivity contribution is 7.98. The largest absolute Gasteiger partial charge is 0.423 e. The Morgan fingerprint density at radius 1 is 0.897 bits per heavy atom. The number of amides is 1. The molecule has 0 N–H and O–H groups in total. The molecule has 5 nitrogen and oxygen atoms in total. The van der Waals surface area contributed by atoms with Crippen molar-refractivity contribution in [3.05, 3.63) is 83.9 Å². The van der Waals surface area contributed by atoms with Gasteiger partial charge < -0.3 is 14.2 Å². The fourth-order valence-electron chi connectivity index (χ4n) is 5.51. The topological polar surface area (TPSA) is 51.5 Å². The lowest BCUT2D eigenvalue weighted by molar-refractivity contribution is -0.130. The van der Waals surface area contributed by atoms with E-state index in [4.69, 9.17) is 4.74 Å². The fraction of sp³-hybridized carbons (Fsp3) is 0.333. The van der Waals surface area contributed by atoms with Gasteiger partial charge in [0.15, 0.2) is 0 Å². The van der Waals surface area contributed by atoms with Crippen molar-refractivity contribution in [2.75, 3.05) is 19.3 Å². The van der Waals surface area contributed by atoms with Gasteiger partial charge >= 0.3 is 5.97 Å². The average molecular weight is 541 g/mol. The van der Waals surface area contributed by atoms with E-state index in [1.54, 1.807) is 23.9 Å². The predicted molar refractivity (Wildman–Crippen MR) is 160 cm³/mol. The highest BCUT2D eigenvalue weighted by atomic mass is 32.2. The zero-order chi connectivity index (χ0) is 27.2. The van der Waals surface area contributed by atoms with Gasteiger partial charge in [0.05, 0.1) is 11.3 Å². The number of carbonyl (C=O) groups excluding carboxylic acids is 2. The summed E-state index contributed by atoms with van der Waals surface area (Å²) < 4.78 is 8.13. The molecule has 202 valence electrons. The van der Waals surface area contributed by atoms with Crippen LogP contribution >= 0.6 is 11.8 Å². The molecule has 4 aromatic rings. The van der Waals surface area contributed by atoms with E-state index in [9.17, 15) is 9.59 Å². The summed E-state index contributed by atoms with van der Waals surface area (Å²) in [7, 11) is 0.